The van der Waals surface area contributed by atoms with E-state index in [0.717, 1.165) is 34.6 Å². The summed E-state index contributed by atoms with van der Waals surface area (Å²) in [4.78, 5) is 9.12. The number of nitrogens with one attached hydrogen (secondary N) is 1. The van der Waals surface area contributed by atoms with Crippen LogP contribution < -0.4 is 5.32 Å². The molecule has 8 nitrogen and oxygen atoms in total. The van der Waals surface area contributed by atoms with Crippen molar-refractivity contribution in [2.45, 2.75) is 17.7 Å². The third kappa shape index (κ3) is 3.42. The van der Waals surface area contributed by atoms with E-state index in [-0.39, 0.29) is 4.90 Å². The highest BCUT2D eigenvalue weighted by Crippen LogP contribution is 2.33. The van der Waals surface area contributed by atoms with E-state index >= 15 is 0 Å². The highest BCUT2D eigenvalue weighted by atomic mass is 32.2. The van der Waals surface area contributed by atoms with Crippen molar-refractivity contribution in [2.24, 2.45) is 5.16 Å². The van der Waals surface area contributed by atoms with Gasteiger partial charge in [-0.25, -0.2) is 13.4 Å². The fourth-order valence-electron chi connectivity index (χ4n) is 3.88. The molecule has 9 heteroatoms. The molecule has 0 unspecified atom stereocenters. The van der Waals surface area contributed by atoms with Crippen LogP contribution >= 0.6 is 0 Å². The molecule has 156 valence electrons. The molecule has 1 aliphatic rings. The van der Waals surface area contributed by atoms with E-state index in [1.807, 2.05) is 28.8 Å². The first-order chi connectivity index (χ1) is 14.9. The van der Waals surface area contributed by atoms with Crippen LogP contribution in [-0.4, -0.2) is 40.0 Å². The zero-order valence-corrected chi connectivity index (χ0v) is 17.5. The highest BCUT2D eigenvalue weighted by Gasteiger charge is 2.20. The Morgan fingerprint density at radius 3 is 2.68 bits per heavy atom. The molecule has 2 N–H and O–H groups in total. The predicted molar refractivity (Wildman–Crippen MR) is 118 cm³/mol. The molecule has 0 fully saturated rings. The molecular formula is C22H19N5O3S. The molecule has 2 aromatic heterocycles. The number of rotatable bonds is 4. The topological polar surface area (TPSA) is 109 Å². The van der Waals surface area contributed by atoms with Gasteiger partial charge < -0.3 is 10.5 Å². The molecule has 4 aromatic rings. The molecule has 5 rings (SSSR count). The number of anilines is 2. The standard InChI is InChI=1S/C22H19N5O3S/c1-31(29,30)17-6-2-14(3-7-17)21-22(27-11-10-23-13-20(27)25-21)24-16-5-8-18-15(12-16)4-9-19(18)26-28/h2-3,5-8,10-13,24,28H,4,9H2,1H3/b26-19+. The van der Waals surface area contributed by atoms with Gasteiger partial charge in [0.1, 0.15) is 11.5 Å². The highest BCUT2D eigenvalue weighted by molar-refractivity contribution is 7.90. The molecule has 0 atom stereocenters. The van der Waals surface area contributed by atoms with Crippen molar-refractivity contribution < 1.29 is 13.6 Å². The molecular weight excluding hydrogens is 414 g/mol. The molecule has 2 heterocycles. The second kappa shape index (κ2) is 7.21. The number of imidazole rings is 1. The number of nitrogens with zero attached hydrogens (tertiary/aromatic N) is 4. The minimum atomic E-state index is -3.28. The SMILES string of the molecule is CS(=O)(=O)c1ccc(-c2nc3cnccn3c2Nc2ccc3c(c2)CC/C3=N\O)cc1. The smallest absolute Gasteiger partial charge is 0.175 e. The summed E-state index contributed by atoms with van der Waals surface area (Å²) in [6, 6.07) is 12.6. The lowest BCUT2D eigenvalue weighted by atomic mass is 10.1. The molecule has 0 radical (unpaired) electrons. The van der Waals surface area contributed by atoms with E-state index in [4.69, 9.17) is 10.2 Å². The Balaban J connectivity index is 1.59. The first-order valence-electron chi connectivity index (χ1n) is 9.68. The van der Waals surface area contributed by atoms with E-state index in [0.29, 0.717) is 23.5 Å². The summed E-state index contributed by atoms with van der Waals surface area (Å²) in [5, 5.41) is 16.0. The lowest BCUT2D eigenvalue weighted by Gasteiger charge is -2.11. The Bertz CT molecular complexity index is 1440. The number of aromatic nitrogens is 3. The Kier molecular flexibility index (Phi) is 4.48. The van der Waals surface area contributed by atoms with E-state index in [9.17, 15) is 8.42 Å². The number of benzene rings is 2. The van der Waals surface area contributed by atoms with Crippen LogP contribution in [0.1, 0.15) is 17.5 Å². The van der Waals surface area contributed by atoms with E-state index in [2.05, 4.69) is 15.5 Å². The summed E-state index contributed by atoms with van der Waals surface area (Å²) in [5.74, 6) is 0.749. The zero-order chi connectivity index (χ0) is 21.6. The molecule has 0 saturated carbocycles. The van der Waals surface area contributed by atoms with Gasteiger partial charge in [0.05, 0.1) is 16.8 Å². The third-order valence-electron chi connectivity index (χ3n) is 5.42. The quantitative estimate of drug-likeness (QED) is 0.375. The van der Waals surface area contributed by atoms with Gasteiger partial charge in [0.25, 0.3) is 0 Å². The van der Waals surface area contributed by atoms with Gasteiger partial charge in [-0.1, -0.05) is 23.4 Å². The average Bonchev–Trinajstić information content (AvgIpc) is 3.34. The summed E-state index contributed by atoms with van der Waals surface area (Å²) in [5.41, 5.74) is 5.81. The Labute approximate surface area is 178 Å². The largest absolute Gasteiger partial charge is 0.411 e. The van der Waals surface area contributed by atoms with Crippen molar-refractivity contribution in [3.63, 3.8) is 0 Å². The van der Waals surface area contributed by atoms with Crippen LogP contribution in [0.5, 0.6) is 0 Å². The minimum Gasteiger partial charge on any atom is -0.411 e. The van der Waals surface area contributed by atoms with Gasteiger partial charge in [-0.15, -0.1) is 0 Å². The summed E-state index contributed by atoms with van der Waals surface area (Å²) in [6.07, 6.45) is 7.90. The first-order valence-corrected chi connectivity index (χ1v) is 11.6. The van der Waals surface area contributed by atoms with Crippen molar-refractivity contribution in [3.05, 3.63) is 72.2 Å². The van der Waals surface area contributed by atoms with Gasteiger partial charge >= 0.3 is 0 Å². The number of hydrogen-bond acceptors (Lipinski definition) is 7. The Morgan fingerprint density at radius 1 is 1.13 bits per heavy atom. The van der Waals surface area contributed by atoms with Crippen molar-refractivity contribution in [1.29, 1.82) is 0 Å². The normalized spacial score (nSPS) is 14.8. The van der Waals surface area contributed by atoms with E-state index in [1.165, 1.54) is 6.26 Å². The van der Waals surface area contributed by atoms with Crippen molar-refractivity contribution in [3.8, 4) is 11.3 Å². The first kappa shape index (κ1) is 19.3. The maximum Gasteiger partial charge on any atom is 0.175 e. The van der Waals surface area contributed by atoms with Gasteiger partial charge in [0.15, 0.2) is 15.5 Å². The van der Waals surface area contributed by atoms with Crippen LogP contribution in [0, 0.1) is 0 Å². The fourth-order valence-corrected chi connectivity index (χ4v) is 4.51. The van der Waals surface area contributed by atoms with Crippen LogP contribution in [0.15, 0.2) is 71.1 Å². The van der Waals surface area contributed by atoms with Gasteiger partial charge in [-0.05, 0) is 42.7 Å². The van der Waals surface area contributed by atoms with Crippen LogP contribution in [0.4, 0.5) is 11.5 Å². The average molecular weight is 433 g/mol. The molecule has 0 amide bonds. The second-order valence-electron chi connectivity index (χ2n) is 7.45. The van der Waals surface area contributed by atoms with Crippen LogP contribution in [0.3, 0.4) is 0 Å². The number of oxime groups is 1. The number of aryl methyl sites for hydroxylation is 1. The third-order valence-corrected chi connectivity index (χ3v) is 6.55. The number of hydrogen-bond donors (Lipinski definition) is 2. The van der Waals surface area contributed by atoms with Gasteiger partial charge in [-0.3, -0.25) is 9.38 Å². The number of sulfone groups is 1. The maximum absolute atomic E-state index is 11.8. The number of fused-ring (bicyclic) bond motifs is 2. The fraction of sp³-hybridized carbons (Fsp3) is 0.136. The molecule has 31 heavy (non-hydrogen) atoms. The monoisotopic (exact) mass is 433 g/mol. The molecule has 1 aliphatic carbocycles. The maximum atomic E-state index is 11.8. The molecule has 0 aliphatic heterocycles. The summed E-state index contributed by atoms with van der Waals surface area (Å²) in [7, 11) is -3.28. The lowest BCUT2D eigenvalue weighted by molar-refractivity contribution is 0.318. The minimum absolute atomic E-state index is 0.260. The summed E-state index contributed by atoms with van der Waals surface area (Å²) < 4.78 is 25.5. The van der Waals surface area contributed by atoms with Crippen molar-refractivity contribution in [2.75, 3.05) is 11.6 Å². The second-order valence-corrected chi connectivity index (χ2v) is 9.47. The van der Waals surface area contributed by atoms with Crippen LogP contribution in [-0.2, 0) is 16.3 Å². The zero-order valence-electron chi connectivity index (χ0n) is 16.6. The van der Waals surface area contributed by atoms with Gasteiger partial charge in [0, 0.05) is 35.5 Å². The predicted octanol–water partition coefficient (Wildman–Crippen LogP) is 3.67. The lowest BCUT2D eigenvalue weighted by Crippen LogP contribution is -1.99. The van der Waals surface area contributed by atoms with Gasteiger partial charge in [-0.2, -0.15) is 0 Å². The molecule has 2 aromatic carbocycles. The van der Waals surface area contributed by atoms with E-state index in [1.54, 1.807) is 36.7 Å². The van der Waals surface area contributed by atoms with Crippen LogP contribution in [0.25, 0.3) is 16.9 Å². The summed E-state index contributed by atoms with van der Waals surface area (Å²) >= 11 is 0. The van der Waals surface area contributed by atoms with Crippen molar-refractivity contribution >= 4 is 32.7 Å². The Hall–Kier alpha value is -3.72. The molecule has 0 saturated heterocycles. The van der Waals surface area contributed by atoms with Crippen molar-refractivity contribution in [1.82, 2.24) is 14.4 Å². The Morgan fingerprint density at radius 2 is 1.94 bits per heavy atom. The molecule has 0 spiro atoms. The summed E-state index contributed by atoms with van der Waals surface area (Å²) in [6.45, 7) is 0. The molecule has 0 bridgehead atoms. The van der Waals surface area contributed by atoms with E-state index < -0.39 is 9.84 Å². The van der Waals surface area contributed by atoms with Crippen LogP contribution in [0.2, 0.25) is 0 Å². The van der Waals surface area contributed by atoms with Gasteiger partial charge in [0.2, 0.25) is 0 Å².